The van der Waals surface area contributed by atoms with E-state index >= 15 is 0 Å². The van der Waals surface area contributed by atoms with Gasteiger partial charge in [0, 0.05) is 22.0 Å². The standard InChI is InChI=1S/C26H25ClN2O3S/c1-17(2)20-7-4-6-10-23(20)29-25(31)16-33-26(29)21-8-3-5-9-22(21)28-24(30)15-32-19-13-11-18(27)12-14-19/h3-14,17,26H,15-16H2,1-2H3,(H,28,30). The molecule has 1 N–H and O–H groups in total. The summed E-state index contributed by atoms with van der Waals surface area (Å²) in [5, 5.41) is 3.33. The van der Waals surface area contributed by atoms with Crippen LogP contribution in [0.5, 0.6) is 5.75 Å². The zero-order valence-corrected chi connectivity index (χ0v) is 20.0. The molecule has 1 saturated heterocycles. The number of carbonyl (C=O) groups is 2. The van der Waals surface area contributed by atoms with Gasteiger partial charge in [-0.15, -0.1) is 11.8 Å². The molecule has 0 aliphatic carbocycles. The molecule has 3 aromatic rings. The first-order chi connectivity index (χ1) is 15.9. The molecule has 0 spiro atoms. The molecule has 0 aromatic heterocycles. The van der Waals surface area contributed by atoms with E-state index in [2.05, 4.69) is 25.2 Å². The van der Waals surface area contributed by atoms with Crippen LogP contribution in [0.25, 0.3) is 0 Å². The van der Waals surface area contributed by atoms with Crippen molar-refractivity contribution in [1.82, 2.24) is 0 Å². The van der Waals surface area contributed by atoms with Crippen LogP contribution in [0.1, 0.15) is 36.3 Å². The Kier molecular flexibility index (Phi) is 7.26. The smallest absolute Gasteiger partial charge is 0.262 e. The van der Waals surface area contributed by atoms with Gasteiger partial charge in [-0.2, -0.15) is 0 Å². The zero-order chi connectivity index (χ0) is 23.4. The lowest BCUT2D eigenvalue weighted by Crippen LogP contribution is -2.30. The third kappa shape index (κ3) is 5.34. The number of hydrogen-bond acceptors (Lipinski definition) is 4. The van der Waals surface area contributed by atoms with Crippen LogP contribution < -0.4 is 15.0 Å². The van der Waals surface area contributed by atoms with Crippen LogP contribution >= 0.6 is 23.4 Å². The fourth-order valence-corrected chi connectivity index (χ4v) is 5.13. The van der Waals surface area contributed by atoms with E-state index in [9.17, 15) is 9.59 Å². The van der Waals surface area contributed by atoms with Crippen LogP contribution in [0.15, 0.2) is 72.8 Å². The van der Waals surface area contributed by atoms with E-state index in [0.29, 0.717) is 22.2 Å². The van der Waals surface area contributed by atoms with Crippen LogP contribution in [0.2, 0.25) is 5.02 Å². The number of nitrogens with zero attached hydrogens (tertiary/aromatic N) is 1. The normalized spacial score (nSPS) is 15.7. The summed E-state index contributed by atoms with van der Waals surface area (Å²) >= 11 is 7.45. The maximum Gasteiger partial charge on any atom is 0.262 e. The van der Waals surface area contributed by atoms with Gasteiger partial charge in [0.15, 0.2) is 6.61 Å². The maximum atomic E-state index is 12.9. The molecule has 1 atom stereocenters. The second-order valence-electron chi connectivity index (χ2n) is 8.02. The number of amides is 2. The van der Waals surface area contributed by atoms with Gasteiger partial charge in [0.05, 0.1) is 5.75 Å². The summed E-state index contributed by atoms with van der Waals surface area (Å²) < 4.78 is 5.57. The topological polar surface area (TPSA) is 58.6 Å². The number of rotatable bonds is 7. The second kappa shape index (κ2) is 10.3. The molecule has 1 aliphatic heterocycles. The number of halogens is 1. The average molecular weight is 481 g/mol. The van der Waals surface area contributed by atoms with Crippen molar-refractivity contribution in [1.29, 1.82) is 0 Å². The summed E-state index contributed by atoms with van der Waals surface area (Å²) in [7, 11) is 0. The Labute approximate surface area is 203 Å². The average Bonchev–Trinajstić information content (AvgIpc) is 3.20. The van der Waals surface area contributed by atoms with Gasteiger partial charge < -0.3 is 10.1 Å². The minimum Gasteiger partial charge on any atom is -0.484 e. The Bertz CT molecular complexity index is 1150. The molecule has 7 heteroatoms. The van der Waals surface area contributed by atoms with Gasteiger partial charge in [0.25, 0.3) is 5.91 Å². The van der Waals surface area contributed by atoms with E-state index in [1.807, 2.05) is 47.4 Å². The fourth-order valence-electron chi connectivity index (χ4n) is 3.80. The number of anilines is 2. The second-order valence-corrected chi connectivity index (χ2v) is 9.52. The van der Waals surface area contributed by atoms with Crippen LogP contribution in [-0.2, 0) is 9.59 Å². The summed E-state index contributed by atoms with van der Waals surface area (Å²) in [4.78, 5) is 27.4. The van der Waals surface area contributed by atoms with E-state index in [4.69, 9.17) is 16.3 Å². The van der Waals surface area contributed by atoms with E-state index in [0.717, 1.165) is 16.8 Å². The highest BCUT2D eigenvalue weighted by Gasteiger charge is 2.36. The summed E-state index contributed by atoms with van der Waals surface area (Å²) in [5.41, 5.74) is 3.59. The Hall–Kier alpha value is -2.96. The molecule has 2 amide bonds. The first kappa shape index (κ1) is 23.2. The number of para-hydroxylation sites is 2. The number of benzene rings is 3. The summed E-state index contributed by atoms with van der Waals surface area (Å²) in [6, 6.07) is 22.5. The number of carbonyl (C=O) groups excluding carboxylic acids is 2. The zero-order valence-electron chi connectivity index (χ0n) is 18.5. The predicted molar refractivity (Wildman–Crippen MR) is 135 cm³/mol. The molecule has 0 saturated carbocycles. The lowest BCUT2D eigenvalue weighted by atomic mass is 10.00. The number of hydrogen-bond donors (Lipinski definition) is 1. The third-order valence-corrected chi connectivity index (χ3v) is 6.82. The number of nitrogens with one attached hydrogen (secondary N) is 1. The summed E-state index contributed by atoms with van der Waals surface area (Å²) in [5.74, 6) is 1.02. The van der Waals surface area contributed by atoms with E-state index in [1.165, 1.54) is 0 Å². The van der Waals surface area contributed by atoms with Gasteiger partial charge in [0.2, 0.25) is 5.91 Å². The van der Waals surface area contributed by atoms with Gasteiger partial charge in [-0.1, -0.05) is 61.8 Å². The minimum absolute atomic E-state index is 0.0605. The van der Waals surface area contributed by atoms with Gasteiger partial charge in [0.1, 0.15) is 11.1 Å². The molecule has 4 rings (SSSR count). The van der Waals surface area contributed by atoms with Crippen molar-refractivity contribution in [3.8, 4) is 5.75 Å². The molecular weight excluding hydrogens is 456 g/mol. The third-order valence-electron chi connectivity index (χ3n) is 5.37. The van der Waals surface area contributed by atoms with Crippen LogP contribution in [-0.4, -0.2) is 24.2 Å². The van der Waals surface area contributed by atoms with E-state index in [1.54, 1.807) is 36.0 Å². The summed E-state index contributed by atoms with van der Waals surface area (Å²) in [6.07, 6.45) is 0. The molecule has 0 bridgehead atoms. The largest absolute Gasteiger partial charge is 0.484 e. The highest BCUT2D eigenvalue weighted by Crippen LogP contribution is 2.46. The highest BCUT2D eigenvalue weighted by molar-refractivity contribution is 8.00. The Morgan fingerprint density at radius 3 is 2.55 bits per heavy atom. The molecule has 1 unspecified atom stereocenters. The van der Waals surface area contributed by atoms with Crippen LogP contribution in [0.4, 0.5) is 11.4 Å². The van der Waals surface area contributed by atoms with Crippen LogP contribution in [0.3, 0.4) is 0 Å². The molecule has 5 nitrogen and oxygen atoms in total. The Balaban J connectivity index is 1.55. The van der Waals surface area contributed by atoms with Crippen molar-refractivity contribution in [3.05, 3.63) is 88.9 Å². The highest BCUT2D eigenvalue weighted by atomic mass is 35.5. The predicted octanol–water partition coefficient (Wildman–Crippen LogP) is 6.26. The fraction of sp³-hybridized carbons (Fsp3) is 0.231. The van der Waals surface area contributed by atoms with E-state index in [-0.39, 0.29) is 29.7 Å². The lowest BCUT2D eigenvalue weighted by Gasteiger charge is -2.29. The monoisotopic (exact) mass is 480 g/mol. The first-order valence-corrected chi connectivity index (χ1v) is 12.2. The Morgan fingerprint density at radius 1 is 1.09 bits per heavy atom. The molecule has 1 heterocycles. The van der Waals surface area contributed by atoms with Crippen molar-refractivity contribution >= 4 is 46.6 Å². The van der Waals surface area contributed by atoms with Gasteiger partial charge in [-0.3, -0.25) is 14.5 Å². The minimum atomic E-state index is -0.277. The quantitative estimate of drug-likeness (QED) is 0.433. The van der Waals surface area contributed by atoms with E-state index < -0.39 is 0 Å². The van der Waals surface area contributed by atoms with Crippen LogP contribution in [0, 0.1) is 0 Å². The number of ether oxygens (including phenoxy) is 1. The van der Waals surface area contributed by atoms with Gasteiger partial charge in [-0.25, -0.2) is 0 Å². The molecule has 1 aliphatic rings. The van der Waals surface area contributed by atoms with Crippen molar-refractivity contribution < 1.29 is 14.3 Å². The van der Waals surface area contributed by atoms with Crippen molar-refractivity contribution in [2.45, 2.75) is 25.1 Å². The molecular formula is C26H25ClN2O3S. The summed E-state index contributed by atoms with van der Waals surface area (Å²) in [6.45, 7) is 4.11. The SMILES string of the molecule is CC(C)c1ccccc1N1C(=O)CSC1c1ccccc1NC(=O)COc1ccc(Cl)cc1. The lowest BCUT2D eigenvalue weighted by molar-refractivity contribution is -0.118. The van der Waals surface area contributed by atoms with Gasteiger partial charge in [-0.05, 0) is 47.9 Å². The van der Waals surface area contributed by atoms with Crippen molar-refractivity contribution in [2.75, 3.05) is 22.6 Å². The maximum absolute atomic E-state index is 12.9. The number of thioether (sulfide) groups is 1. The first-order valence-electron chi connectivity index (χ1n) is 10.7. The van der Waals surface area contributed by atoms with Crippen molar-refractivity contribution in [2.24, 2.45) is 0 Å². The van der Waals surface area contributed by atoms with Gasteiger partial charge >= 0.3 is 0 Å². The molecule has 0 radical (unpaired) electrons. The molecule has 33 heavy (non-hydrogen) atoms. The molecule has 1 fully saturated rings. The molecule has 3 aromatic carbocycles. The molecule has 170 valence electrons. The Morgan fingerprint density at radius 2 is 1.79 bits per heavy atom. The van der Waals surface area contributed by atoms with Crippen molar-refractivity contribution in [3.63, 3.8) is 0 Å².